The molecular weight excluding hydrogens is 282 g/mol. The van der Waals surface area contributed by atoms with Gasteiger partial charge in [-0.1, -0.05) is 11.8 Å². The van der Waals surface area contributed by atoms with Crippen molar-refractivity contribution in [2.75, 3.05) is 18.9 Å². The fourth-order valence-electron chi connectivity index (χ4n) is 2.43. The largest absolute Gasteiger partial charge is 0.384 e. The molecule has 1 aromatic rings. The van der Waals surface area contributed by atoms with Crippen molar-refractivity contribution in [1.29, 1.82) is 0 Å². The zero-order valence-electron chi connectivity index (χ0n) is 12.5. The molecule has 0 spiro atoms. The van der Waals surface area contributed by atoms with Crippen molar-refractivity contribution < 1.29 is 9.90 Å². The first kappa shape index (κ1) is 15.9. The average Bonchev–Trinajstić information content (AvgIpc) is 2.91. The van der Waals surface area contributed by atoms with E-state index < -0.39 is 0 Å². The van der Waals surface area contributed by atoms with Gasteiger partial charge in [0.15, 0.2) is 0 Å². The first-order valence-electron chi connectivity index (χ1n) is 7.17. The molecule has 1 saturated heterocycles. The van der Waals surface area contributed by atoms with E-state index in [-0.39, 0.29) is 17.3 Å². The summed E-state index contributed by atoms with van der Waals surface area (Å²) in [5.41, 5.74) is 2.46. The van der Waals surface area contributed by atoms with Gasteiger partial charge in [0.1, 0.15) is 6.61 Å². The van der Waals surface area contributed by atoms with E-state index in [0.29, 0.717) is 12.1 Å². The van der Waals surface area contributed by atoms with Crippen molar-refractivity contribution in [3.63, 3.8) is 0 Å². The second-order valence-corrected chi connectivity index (χ2v) is 7.26. The normalized spacial score (nSPS) is 20.7. The van der Waals surface area contributed by atoms with Gasteiger partial charge in [0, 0.05) is 22.4 Å². The van der Waals surface area contributed by atoms with Crippen molar-refractivity contribution in [1.82, 2.24) is 5.32 Å². The summed E-state index contributed by atoms with van der Waals surface area (Å²) in [6, 6.07) is 5.47. The number of rotatable bonds is 3. The second-order valence-electron chi connectivity index (χ2n) is 5.57. The van der Waals surface area contributed by atoms with Crippen LogP contribution in [0.4, 0.5) is 0 Å². The summed E-state index contributed by atoms with van der Waals surface area (Å²) >= 11 is 1.94. The van der Waals surface area contributed by atoms with Crippen molar-refractivity contribution in [2.24, 2.45) is 0 Å². The maximum atomic E-state index is 12.2. The van der Waals surface area contributed by atoms with Crippen LogP contribution in [0.2, 0.25) is 0 Å². The lowest BCUT2D eigenvalue weighted by Gasteiger charge is -2.22. The first-order valence-corrected chi connectivity index (χ1v) is 8.15. The summed E-state index contributed by atoms with van der Waals surface area (Å²) in [7, 11) is 0. The molecule has 0 aliphatic carbocycles. The van der Waals surface area contributed by atoms with Gasteiger partial charge in [-0.25, -0.2) is 0 Å². The van der Waals surface area contributed by atoms with Crippen molar-refractivity contribution in [2.45, 2.75) is 31.4 Å². The molecule has 0 bridgehead atoms. The van der Waals surface area contributed by atoms with E-state index in [2.05, 4.69) is 24.1 Å². The smallest absolute Gasteiger partial charge is 0.251 e. The Morgan fingerprint density at radius 1 is 1.52 bits per heavy atom. The zero-order valence-corrected chi connectivity index (χ0v) is 13.3. The minimum Gasteiger partial charge on any atom is -0.384 e. The molecule has 1 unspecified atom stereocenters. The average molecular weight is 303 g/mol. The minimum atomic E-state index is -0.155. The second kappa shape index (κ2) is 7.02. The van der Waals surface area contributed by atoms with Gasteiger partial charge in [-0.2, -0.15) is 11.8 Å². The molecule has 0 radical (unpaired) electrons. The number of amides is 1. The predicted octanol–water partition coefficient (Wildman–Crippen LogP) is 2.35. The molecule has 3 nitrogen and oxygen atoms in total. The highest BCUT2D eigenvalue weighted by Gasteiger charge is 2.29. The number of carbonyl (C=O) groups is 1. The number of carbonyl (C=O) groups excluding carboxylic acids is 1. The van der Waals surface area contributed by atoms with E-state index in [4.69, 9.17) is 5.11 Å². The molecule has 1 aliphatic heterocycles. The third-order valence-electron chi connectivity index (χ3n) is 3.71. The van der Waals surface area contributed by atoms with Gasteiger partial charge in [0.25, 0.3) is 5.91 Å². The van der Waals surface area contributed by atoms with Gasteiger partial charge in [0.05, 0.1) is 0 Å². The molecule has 2 rings (SSSR count). The van der Waals surface area contributed by atoms with Gasteiger partial charge in [-0.15, -0.1) is 0 Å². The summed E-state index contributed by atoms with van der Waals surface area (Å²) in [5, 5.41) is 11.8. The lowest BCUT2D eigenvalue weighted by Crippen LogP contribution is -2.36. The Labute approximate surface area is 130 Å². The highest BCUT2D eigenvalue weighted by Crippen LogP contribution is 2.36. The topological polar surface area (TPSA) is 49.3 Å². The Hall–Kier alpha value is -1.44. The third-order valence-corrected chi connectivity index (χ3v) is 5.25. The molecule has 21 heavy (non-hydrogen) atoms. The fourth-order valence-corrected chi connectivity index (χ4v) is 3.67. The molecular formula is C17H21NO2S. The molecule has 0 aromatic heterocycles. The van der Waals surface area contributed by atoms with Gasteiger partial charge in [-0.3, -0.25) is 4.79 Å². The van der Waals surface area contributed by atoms with Crippen LogP contribution in [0.5, 0.6) is 0 Å². The van der Waals surface area contributed by atoms with E-state index in [1.165, 1.54) is 12.2 Å². The predicted molar refractivity (Wildman–Crippen MR) is 87.6 cm³/mol. The Morgan fingerprint density at radius 2 is 2.33 bits per heavy atom. The number of aliphatic hydroxyl groups is 1. The van der Waals surface area contributed by atoms with Gasteiger partial charge < -0.3 is 10.4 Å². The lowest BCUT2D eigenvalue weighted by molar-refractivity contribution is 0.0950. The number of hydrogen-bond donors (Lipinski definition) is 2. The van der Waals surface area contributed by atoms with E-state index in [1.807, 2.05) is 30.8 Å². The Bertz CT molecular complexity index is 580. The van der Waals surface area contributed by atoms with E-state index in [9.17, 15) is 4.79 Å². The highest BCUT2D eigenvalue weighted by molar-refractivity contribution is 8.00. The maximum absolute atomic E-state index is 12.2. The van der Waals surface area contributed by atoms with Crippen LogP contribution < -0.4 is 5.32 Å². The van der Waals surface area contributed by atoms with Crippen LogP contribution in [0.3, 0.4) is 0 Å². The molecule has 112 valence electrons. The monoisotopic (exact) mass is 303 g/mol. The summed E-state index contributed by atoms with van der Waals surface area (Å²) in [6.07, 6.45) is 2.39. The molecule has 4 heteroatoms. The van der Waals surface area contributed by atoms with E-state index in [0.717, 1.165) is 17.5 Å². The number of thioether (sulfide) groups is 1. The van der Waals surface area contributed by atoms with Gasteiger partial charge in [-0.05, 0) is 56.2 Å². The highest BCUT2D eigenvalue weighted by atomic mass is 32.2. The third kappa shape index (κ3) is 4.26. The molecule has 1 aromatic carbocycles. The zero-order chi connectivity index (χ0) is 15.3. The Kier molecular flexibility index (Phi) is 5.33. The lowest BCUT2D eigenvalue weighted by atomic mass is 10.0. The number of benzene rings is 1. The van der Waals surface area contributed by atoms with Crippen molar-refractivity contribution in [3.8, 4) is 11.8 Å². The minimum absolute atomic E-state index is 0.0338. The molecule has 1 atom stereocenters. The maximum Gasteiger partial charge on any atom is 0.251 e. The SMILES string of the molecule is Cc1cc(C(=O)NCC2(C)CCCS2)ccc1C#CCO. The summed E-state index contributed by atoms with van der Waals surface area (Å²) in [5.74, 6) is 6.65. The van der Waals surface area contributed by atoms with Crippen LogP contribution in [0.15, 0.2) is 18.2 Å². The number of aryl methyl sites for hydroxylation is 1. The fraction of sp³-hybridized carbons (Fsp3) is 0.471. The van der Waals surface area contributed by atoms with Crippen LogP contribution in [0.1, 0.15) is 41.3 Å². The van der Waals surface area contributed by atoms with Crippen LogP contribution >= 0.6 is 11.8 Å². The first-order chi connectivity index (χ1) is 10.0. The molecule has 1 heterocycles. The number of aliphatic hydroxyl groups excluding tert-OH is 1. The van der Waals surface area contributed by atoms with Crippen LogP contribution in [-0.4, -0.2) is 34.7 Å². The molecule has 1 aliphatic rings. The van der Waals surface area contributed by atoms with Gasteiger partial charge in [0.2, 0.25) is 0 Å². The molecule has 1 amide bonds. The van der Waals surface area contributed by atoms with Gasteiger partial charge >= 0.3 is 0 Å². The number of hydrogen-bond acceptors (Lipinski definition) is 3. The summed E-state index contributed by atoms with van der Waals surface area (Å²) < 4.78 is 0.178. The quantitative estimate of drug-likeness (QED) is 0.843. The summed E-state index contributed by atoms with van der Waals surface area (Å²) in [6.45, 7) is 4.69. The van der Waals surface area contributed by atoms with Crippen molar-refractivity contribution >= 4 is 17.7 Å². The molecule has 2 N–H and O–H groups in total. The van der Waals surface area contributed by atoms with Crippen molar-refractivity contribution in [3.05, 3.63) is 34.9 Å². The number of nitrogens with one attached hydrogen (secondary N) is 1. The summed E-state index contributed by atoms with van der Waals surface area (Å²) in [4.78, 5) is 12.2. The Morgan fingerprint density at radius 3 is 2.95 bits per heavy atom. The molecule has 1 fully saturated rings. The van der Waals surface area contributed by atoms with Crippen LogP contribution in [0, 0.1) is 18.8 Å². The van der Waals surface area contributed by atoms with E-state index >= 15 is 0 Å². The van der Waals surface area contributed by atoms with Crippen LogP contribution in [0.25, 0.3) is 0 Å². The van der Waals surface area contributed by atoms with E-state index in [1.54, 1.807) is 6.07 Å². The standard InChI is InChI=1S/C17H21NO2S/c1-13-11-15(7-6-14(13)5-3-9-19)16(20)18-12-17(2)8-4-10-21-17/h6-7,11,19H,4,8-10,12H2,1-2H3,(H,18,20). The Balaban J connectivity index is 2.01. The van der Waals surface area contributed by atoms with Crippen LogP contribution in [-0.2, 0) is 0 Å². The molecule has 0 saturated carbocycles.